The number of carbonyl (C=O) groups is 2. The summed E-state index contributed by atoms with van der Waals surface area (Å²) in [7, 11) is -5.78. The first-order chi connectivity index (χ1) is 11.9. The quantitative estimate of drug-likeness (QED) is 0.775. The molecule has 1 saturated heterocycles. The molecule has 1 aromatic rings. The summed E-state index contributed by atoms with van der Waals surface area (Å²) in [5.74, 6) is -1.65. The van der Waals surface area contributed by atoms with E-state index in [0.717, 1.165) is 4.72 Å². The first-order valence-corrected chi connectivity index (χ1v) is 9.50. The van der Waals surface area contributed by atoms with Crippen LogP contribution in [0.15, 0.2) is 18.2 Å². The second kappa shape index (κ2) is 7.61. The molecule has 26 heavy (non-hydrogen) atoms. The van der Waals surface area contributed by atoms with E-state index in [9.17, 15) is 31.2 Å². The maximum absolute atomic E-state index is 12.3. The van der Waals surface area contributed by atoms with Crippen molar-refractivity contribution in [2.45, 2.75) is 37.4 Å². The van der Waals surface area contributed by atoms with Gasteiger partial charge in [0.2, 0.25) is 11.8 Å². The average Bonchev–Trinajstić information content (AvgIpc) is 2.81. The minimum Gasteiger partial charge on any atom is -0.335 e. The van der Waals surface area contributed by atoms with Crippen molar-refractivity contribution in [2.24, 2.45) is 0 Å². The van der Waals surface area contributed by atoms with Crippen molar-refractivity contribution in [1.29, 1.82) is 0 Å². The minimum atomic E-state index is -5.78. The van der Waals surface area contributed by atoms with E-state index in [4.69, 9.17) is 23.2 Å². The standard InChI is InChI=1S/C14H13Cl2F3N2O4S/c15-9-2-1-8(11(16)5-9)7-21-10(3-4-13(21)23)6-12(22)20-26(24,25)14(17,18)19/h1-2,5,10H,3-4,6-7H2,(H,20,22). The number of sulfonamides is 1. The molecule has 6 nitrogen and oxygen atoms in total. The molecule has 0 saturated carbocycles. The van der Waals surface area contributed by atoms with Crippen LogP contribution < -0.4 is 4.72 Å². The van der Waals surface area contributed by atoms with Crippen LogP contribution in [0.4, 0.5) is 13.2 Å². The third kappa shape index (κ3) is 4.80. The van der Waals surface area contributed by atoms with E-state index in [1.807, 2.05) is 0 Å². The Kier molecular flexibility index (Phi) is 6.09. The summed E-state index contributed by atoms with van der Waals surface area (Å²) in [5.41, 5.74) is -5.05. The molecule has 2 amide bonds. The fourth-order valence-electron chi connectivity index (χ4n) is 2.52. The van der Waals surface area contributed by atoms with Crippen LogP contribution in [0.2, 0.25) is 10.0 Å². The van der Waals surface area contributed by atoms with E-state index >= 15 is 0 Å². The van der Waals surface area contributed by atoms with Gasteiger partial charge in [0, 0.05) is 35.5 Å². The van der Waals surface area contributed by atoms with Crippen LogP contribution in [-0.2, 0) is 26.2 Å². The van der Waals surface area contributed by atoms with Crippen LogP contribution in [0, 0.1) is 0 Å². The summed E-state index contributed by atoms with van der Waals surface area (Å²) in [6, 6.07) is 3.87. The number of hydrogen-bond donors (Lipinski definition) is 1. The van der Waals surface area contributed by atoms with E-state index in [1.165, 1.54) is 11.0 Å². The van der Waals surface area contributed by atoms with Crippen molar-refractivity contribution in [3.8, 4) is 0 Å². The number of benzene rings is 1. The third-order valence-corrected chi connectivity index (χ3v) is 5.48. The molecule has 1 atom stereocenters. The van der Waals surface area contributed by atoms with E-state index in [0.29, 0.717) is 15.6 Å². The Morgan fingerprint density at radius 3 is 2.54 bits per heavy atom. The zero-order chi connectivity index (χ0) is 19.7. The first kappa shape index (κ1) is 20.8. The van der Waals surface area contributed by atoms with E-state index in [-0.39, 0.29) is 25.3 Å². The Bertz CT molecular complexity index is 830. The highest BCUT2D eigenvalue weighted by molar-refractivity contribution is 7.90. The van der Waals surface area contributed by atoms with Gasteiger partial charge in [-0.1, -0.05) is 29.3 Å². The van der Waals surface area contributed by atoms with Gasteiger partial charge in [0.15, 0.2) is 0 Å². The lowest BCUT2D eigenvalue weighted by molar-refractivity contribution is -0.130. The zero-order valence-corrected chi connectivity index (χ0v) is 15.3. The molecule has 12 heteroatoms. The fraction of sp³-hybridized carbons (Fsp3) is 0.429. The molecule has 144 valence electrons. The lowest BCUT2D eigenvalue weighted by atomic mass is 10.1. The van der Waals surface area contributed by atoms with Crippen molar-refractivity contribution in [3.63, 3.8) is 0 Å². The van der Waals surface area contributed by atoms with Crippen LogP contribution in [0.3, 0.4) is 0 Å². The predicted octanol–water partition coefficient (Wildman–Crippen LogP) is 2.84. The molecule has 1 aliphatic heterocycles. The summed E-state index contributed by atoms with van der Waals surface area (Å²) in [6.07, 6.45) is -0.273. The van der Waals surface area contributed by atoms with Gasteiger partial charge in [-0.2, -0.15) is 21.6 Å². The van der Waals surface area contributed by atoms with Gasteiger partial charge in [0.1, 0.15) is 0 Å². The van der Waals surface area contributed by atoms with Gasteiger partial charge in [-0.25, -0.2) is 4.72 Å². The molecular weight excluding hydrogens is 420 g/mol. The Morgan fingerprint density at radius 2 is 1.96 bits per heavy atom. The third-order valence-electron chi connectivity index (χ3n) is 3.78. The SMILES string of the molecule is O=C(CC1CCC(=O)N1Cc1ccc(Cl)cc1Cl)NS(=O)(=O)C(F)(F)F. The van der Waals surface area contributed by atoms with Crippen LogP contribution in [0.1, 0.15) is 24.8 Å². The Morgan fingerprint density at radius 1 is 1.31 bits per heavy atom. The number of nitrogens with zero attached hydrogens (tertiary/aromatic N) is 1. The van der Waals surface area contributed by atoms with Crippen LogP contribution >= 0.6 is 23.2 Å². The van der Waals surface area contributed by atoms with Gasteiger partial charge >= 0.3 is 15.5 Å². The first-order valence-electron chi connectivity index (χ1n) is 7.26. The van der Waals surface area contributed by atoms with Gasteiger partial charge in [-0.3, -0.25) is 9.59 Å². The molecule has 1 aliphatic rings. The van der Waals surface area contributed by atoms with Gasteiger partial charge in [-0.15, -0.1) is 0 Å². The highest BCUT2D eigenvalue weighted by atomic mass is 35.5. The second-order valence-electron chi connectivity index (χ2n) is 5.63. The Hall–Kier alpha value is -1.52. The highest BCUT2D eigenvalue weighted by Gasteiger charge is 2.47. The normalized spacial score (nSPS) is 18.3. The summed E-state index contributed by atoms with van der Waals surface area (Å²) in [5, 5.41) is 0.680. The molecule has 0 aliphatic carbocycles. The molecule has 1 N–H and O–H groups in total. The molecule has 1 heterocycles. The Balaban J connectivity index is 2.09. The summed E-state index contributed by atoms with van der Waals surface area (Å²) < 4.78 is 59.9. The number of halogens is 5. The van der Waals surface area contributed by atoms with Crippen molar-refractivity contribution in [1.82, 2.24) is 9.62 Å². The molecular formula is C14H13Cl2F3N2O4S. The minimum absolute atomic E-state index is 0.0266. The van der Waals surface area contributed by atoms with Gasteiger partial charge in [0.05, 0.1) is 0 Å². The molecule has 2 rings (SSSR count). The molecule has 0 radical (unpaired) electrons. The van der Waals surface area contributed by atoms with Crippen molar-refractivity contribution in [2.75, 3.05) is 0 Å². The average molecular weight is 433 g/mol. The number of hydrogen-bond acceptors (Lipinski definition) is 4. The number of likely N-dealkylation sites (tertiary alicyclic amines) is 1. The van der Waals surface area contributed by atoms with Gasteiger partial charge in [0.25, 0.3) is 0 Å². The monoisotopic (exact) mass is 432 g/mol. The molecule has 1 unspecified atom stereocenters. The van der Waals surface area contributed by atoms with E-state index < -0.39 is 33.9 Å². The highest BCUT2D eigenvalue weighted by Crippen LogP contribution is 2.28. The van der Waals surface area contributed by atoms with Crippen molar-refractivity contribution < 1.29 is 31.2 Å². The van der Waals surface area contributed by atoms with E-state index in [1.54, 1.807) is 12.1 Å². The number of nitrogens with one attached hydrogen (secondary N) is 1. The second-order valence-corrected chi connectivity index (χ2v) is 8.15. The Labute approximate surface area is 157 Å². The maximum Gasteiger partial charge on any atom is 0.516 e. The van der Waals surface area contributed by atoms with Crippen LogP contribution in [0.25, 0.3) is 0 Å². The van der Waals surface area contributed by atoms with Crippen molar-refractivity contribution in [3.05, 3.63) is 33.8 Å². The topological polar surface area (TPSA) is 83.6 Å². The van der Waals surface area contributed by atoms with Gasteiger partial charge in [-0.05, 0) is 24.1 Å². The lowest BCUT2D eigenvalue weighted by Gasteiger charge is -2.25. The maximum atomic E-state index is 12.3. The number of carbonyl (C=O) groups excluding carboxylic acids is 2. The lowest BCUT2D eigenvalue weighted by Crippen LogP contribution is -2.43. The summed E-state index contributed by atoms with van der Waals surface area (Å²) in [6.45, 7) is 0.0266. The van der Waals surface area contributed by atoms with E-state index in [2.05, 4.69) is 0 Å². The van der Waals surface area contributed by atoms with Crippen LogP contribution in [-0.4, -0.2) is 36.7 Å². The molecule has 1 aromatic carbocycles. The zero-order valence-electron chi connectivity index (χ0n) is 13.0. The van der Waals surface area contributed by atoms with Crippen LogP contribution in [0.5, 0.6) is 0 Å². The predicted molar refractivity (Wildman–Crippen MR) is 87.8 cm³/mol. The van der Waals surface area contributed by atoms with Gasteiger partial charge < -0.3 is 4.90 Å². The fourth-order valence-corrected chi connectivity index (χ4v) is 3.49. The summed E-state index contributed by atoms with van der Waals surface area (Å²) >= 11 is 11.8. The number of amides is 2. The molecule has 0 aromatic heterocycles. The molecule has 0 bridgehead atoms. The van der Waals surface area contributed by atoms with Crippen molar-refractivity contribution >= 4 is 45.0 Å². The molecule has 1 fully saturated rings. The smallest absolute Gasteiger partial charge is 0.335 e. The number of rotatable bonds is 5. The number of alkyl halides is 3. The molecule has 0 spiro atoms. The largest absolute Gasteiger partial charge is 0.516 e. The summed E-state index contributed by atoms with van der Waals surface area (Å²) in [4.78, 5) is 25.0.